The third-order valence-corrected chi connectivity index (χ3v) is 6.67. The molecule has 0 saturated carbocycles. The second-order valence-electron chi connectivity index (χ2n) is 9.32. The van der Waals surface area contributed by atoms with Crippen LogP contribution in [0.25, 0.3) is 17.2 Å². The number of amides is 1. The smallest absolute Gasteiger partial charge is 0.310 e. The number of rotatable bonds is 5. The summed E-state index contributed by atoms with van der Waals surface area (Å²) in [5, 5.41) is 0. The third kappa shape index (κ3) is 5.87. The molecular weight excluding hydrogens is 485 g/mol. The van der Waals surface area contributed by atoms with E-state index >= 15 is 0 Å². The van der Waals surface area contributed by atoms with Crippen LogP contribution >= 0.6 is 0 Å². The summed E-state index contributed by atoms with van der Waals surface area (Å²) in [5.41, 5.74) is 3.64. The largest absolute Gasteiger partial charge is 0.417 e. The van der Waals surface area contributed by atoms with Gasteiger partial charge in [0.2, 0.25) is 0 Å². The molecule has 6 heteroatoms. The number of alkyl halides is 3. The van der Waals surface area contributed by atoms with Crippen LogP contribution in [0.1, 0.15) is 27.0 Å². The van der Waals surface area contributed by atoms with Gasteiger partial charge in [-0.05, 0) is 46.5 Å². The first-order valence-electron chi connectivity index (χ1n) is 12.5. The third-order valence-electron chi connectivity index (χ3n) is 6.67. The normalized spacial score (nSPS) is 15.6. The molecule has 1 fully saturated rings. The predicted molar refractivity (Wildman–Crippen MR) is 144 cm³/mol. The van der Waals surface area contributed by atoms with Crippen molar-refractivity contribution in [2.24, 2.45) is 0 Å². The molecule has 0 N–H and O–H groups in total. The van der Waals surface area contributed by atoms with Gasteiger partial charge in [0.15, 0.2) is 0 Å². The van der Waals surface area contributed by atoms with Gasteiger partial charge in [-0.2, -0.15) is 13.2 Å². The molecule has 0 atom stereocenters. The molecule has 0 spiro atoms. The van der Waals surface area contributed by atoms with E-state index < -0.39 is 11.7 Å². The fourth-order valence-electron chi connectivity index (χ4n) is 4.78. The first-order chi connectivity index (χ1) is 18.4. The van der Waals surface area contributed by atoms with E-state index in [1.807, 2.05) is 83.8 Å². The number of carbonyl (C=O) groups is 1. The van der Waals surface area contributed by atoms with Crippen LogP contribution in [0.5, 0.6) is 0 Å². The minimum Gasteiger partial charge on any atom is -0.310 e. The van der Waals surface area contributed by atoms with E-state index in [1.165, 1.54) is 12.1 Å². The van der Waals surface area contributed by atoms with E-state index in [1.54, 1.807) is 18.2 Å². The Bertz CT molecular complexity index is 1410. The number of hydrogen-bond donors (Lipinski definition) is 0. The summed E-state index contributed by atoms with van der Waals surface area (Å²) in [6, 6.07) is 32.1. The van der Waals surface area contributed by atoms with Crippen LogP contribution in [0.15, 0.2) is 115 Å². The number of halogens is 3. The molecule has 1 amide bonds. The van der Waals surface area contributed by atoms with Crippen LogP contribution in [0, 0.1) is 0 Å². The summed E-state index contributed by atoms with van der Waals surface area (Å²) < 4.78 is 40.4. The molecular formula is C32H27F3N2O. The standard InChI is InChI=1S/C32H27F3N2O/c33-32(34,35)30-14-8-7-13-29(30)26-17-15-25(16-18-26)22-36-19-20-37(31(38)27-11-5-2-6-12-27)28(23-36)21-24-9-3-1-4-10-24/h1-18,21H,19-20,22-23H2/b28-21+. The van der Waals surface area contributed by atoms with Crippen LogP contribution in [-0.4, -0.2) is 35.3 Å². The van der Waals surface area contributed by atoms with Gasteiger partial charge in [-0.1, -0.05) is 91.0 Å². The Morgan fingerprint density at radius 2 is 1.39 bits per heavy atom. The summed E-state index contributed by atoms with van der Waals surface area (Å²) in [5.74, 6) is -0.0277. The van der Waals surface area contributed by atoms with Gasteiger partial charge in [-0.15, -0.1) is 0 Å². The number of piperazine rings is 1. The van der Waals surface area contributed by atoms with Gasteiger partial charge in [0.25, 0.3) is 5.91 Å². The molecule has 1 saturated heterocycles. The van der Waals surface area contributed by atoms with Crippen molar-refractivity contribution >= 4 is 12.0 Å². The highest BCUT2D eigenvalue weighted by Gasteiger charge is 2.33. The summed E-state index contributed by atoms with van der Waals surface area (Å²) in [6.07, 6.45) is -2.36. The number of nitrogens with zero attached hydrogens (tertiary/aromatic N) is 2. The van der Waals surface area contributed by atoms with E-state index in [2.05, 4.69) is 4.90 Å². The lowest BCUT2D eigenvalue weighted by atomic mass is 9.98. The predicted octanol–water partition coefficient (Wildman–Crippen LogP) is 7.37. The zero-order chi connectivity index (χ0) is 26.5. The molecule has 38 heavy (non-hydrogen) atoms. The molecule has 1 heterocycles. The van der Waals surface area contributed by atoms with Gasteiger partial charge in [0.05, 0.1) is 5.56 Å². The molecule has 3 nitrogen and oxygen atoms in total. The van der Waals surface area contributed by atoms with Crippen LogP contribution in [0.3, 0.4) is 0 Å². The summed E-state index contributed by atoms with van der Waals surface area (Å²) in [6.45, 7) is 2.43. The maximum Gasteiger partial charge on any atom is 0.417 e. The first-order valence-corrected chi connectivity index (χ1v) is 12.5. The van der Waals surface area contributed by atoms with Crippen molar-refractivity contribution in [2.45, 2.75) is 12.7 Å². The molecule has 0 radical (unpaired) electrons. The van der Waals surface area contributed by atoms with E-state index in [9.17, 15) is 18.0 Å². The molecule has 5 rings (SSSR count). The Balaban J connectivity index is 1.35. The van der Waals surface area contributed by atoms with Crippen LogP contribution in [-0.2, 0) is 12.7 Å². The molecule has 0 aromatic heterocycles. The van der Waals surface area contributed by atoms with Crippen molar-refractivity contribution in [1.29, 1.82) is 0 Å². The molecule has 1 aliphatic rings. The van der Waals surface area contributed by atoms with Crippen LogP contribution in [0.4, 0.5) is 13.2 Å². The van der Waals surface area contributed by atoms with E-state index in [0.29, 0.717) is 37.3 Å². The summed E-state index contributed by atoms with van der Waals surface area (Å²) in [4.78, 5) is 17.4. The highest BCUT2D eigenvalue weighted by atomic mass is 19.4. The fraction of sp³-hybridized carbons (Fsp3) is 0.156. The Hall–Kier alpha value is -4.16. The Morgan fingerprint density at radius 3 is 2.08 bits per heavy atom. The topological polar surface area (TPSA) is 23.6 Å². The van der Waals surface area contributed by atoms with Gasteiger partial charge in [-0.25, -0.2) is 0 Å². The first kappa shape index (κ1) is 25.5. The van der Waals surface area contributed by atoms with Crippen molar-refractivity contribution in [3.05, 3.63) is 137 Å². The molecule has 4 aromatic carbocycles. The molecule has 0 bridgehead atoms. The second kappa shape index (κ2) is 11.1. The Kier molecular flexibility index (Phi) is 7.43. The minimum absolute atomic E-state index is 0.0277. The maximum atomic E-state index is 13.5. The average molecular weight is 513 g/mol. The van der Waals surface area contributed by atoms with Crippen molar-refractivity contribution in [3.63, 3.8) is 0 Å². The monoisotopic (exact) mass is 512 g/mol. The van der Waals surface area contributed by atoms with Crippen molar-refractivity contribution in [3.8, 4) is 11.1 Å². The van der Waals surface area contributed by atoms with Crippen LogP contribution in [0.2, 0.25) is 0 Å². The van der Waals surface area contributed by atoms with E-state index in [4.69, 9.17) is 0 Å². The lowest BCUT2D eigenvalue weighted by Gasteiger charge is -2.37. The van der Waals surface area contributed by atoms with E-state index in [-0.39, 0.29) is 11.5 Å². The van der Waals surface area contributed by atoms with Gasteiger partial charge in [-0.3, -0.25) is 9.69 Å². The fourth-order valence-corrected chi connectivity index (χ4v) is 4.78. The van der Waals surface area contributed by atoms with E-state index in [0.717, 1.165) is 22.9 Å². The minimum atomic E-state index is -4.41. The quantitative estimate of drug-likeness (QED) is 0.279. The number of carbonyl (C=O) groups excluding carboxylic acids is 1. The lowest BCUT2D eigenvalue weighted by molar-refractivity contribution is -0.137. The van der Waals surface area contributed by atoms with Crippen LogP contribution < -0.4 is 0 Å². The van der Waals surface area contributed by atoms with Crippen molar-refractivity contribution in [2.75, 3.05) is 19.6 Å². The van der Waals surface area contributed by atoms with Crippen molar-refractivity contribution < 1.29 is 18.0 Å². The maximum absolute atomic E-state index is 13.5. The number of hydrogen-bond acceptors (Lipinski definition) is 2. The van der Waals surface area contributed by atoms with Gasteiger partial charge in [0, 0.05) is 37.4 Å². The molecule has 192 valence electrons. The zero-order valence-corrected chi connectivity index (χ0v) is 20.7. The molecule has 0 aliphatic carbocycles. The SMILES string of the molecule is O=C(c1ccccc1)N1CCN(Cc2ccc(-c3ccccc3C(F)(F)F)cc2)C/C1=C\c1ccccc1. The van der Waals surface area contributed by atoms with Crippen molar-refractivity contribution in [1.82, 2.24) is 9.80 Å². The molecule has 0 unspecified atom stereocenters. The molecule has 1 aliphatic heterocycles. The average Bonchev–Trinajstić information content (AvgIpc) is 2.94. The Morgan fingerprint density at radius 1 is 0.763 bits per heavy atom. The zero-order valence-electron chi connectivity index (χ0n) is 20.7. The van der Waals surface area contributed by atoms with Gasteiger partial charge < -0.3 is 4.90 Å². The summed E-state index contributed by atoms with van der Waals surface area (Å²) in [7, 11) is 0. The highest BCUT2D eigenvalue weighted by molar-refractivity contribution is 5.96. The summed E-state index contributed by atoms with van der Waals surface area (Å²) >= 11 is 0. The van der Waals surface area contributed by atoms with Gasteiger partial charge >= 0.3 is 6.18 Å². The number of benzene rings is 4. The second-order valence-corrected chi connectivity index (χ2v) is 9.32. The highest BCUT2D eigenvalue weighted by Crippen LogP contribution is 2.37. The Labute approximate surface area is 220 Å². The molecule has 4 aromatic rings. The lowest BCUT2D eigenvalue weighted by Crippen LogP contribution is -2.46. The van der Waals surface area contributed by atoms with Gasteiger partial charge in [0.1, 0.15) is 0 Å².